The SMILES string of the molecule is CCS(=O)(=O)c1ccc(C(C)CN)cc1. The minimum atomic E-state index is -3.08. The van der Waals surface area contributed by atoms with E-state index in [-0.39, 0.29) is 11.7 Å². The van der Waals surface area contributed by atoms with Gasteiger partial charge in [-0.15, -0.1) is 0 Å². The van der Waals surface area contributed by atoms with E-state index >= 15 is 0 Å². The predicted molar refractivity (Wildman–Crippen MR) is 61.6 cm³/mol. The van der Waals surface area contributed by atoms with Gasteiger partial charge in [0, 0.05) is 0 Å². The van der Waals surface area contributed by atoms with Crippen molar-refractivity contribution in [1.29, 1.82) is 0 Å². The molecule has 0 fully saturated rings. The maximum absolute atomic E-state index is 11.5. The molecular weight excluding hydrogens is 210 g/mol. The summed E-state index contributed by atoms with van der Waals surface area (Å²) in [6.45, 7) is 4.23. The van der Waals surface area contributed by atoms with Gasteiger partial charge in [-0.25, -0.2) is 8.42 Å². The van der Waals surface area contributed by atoms with E-state index in [1.807, 2.05) is 19.1 Å². The van der Waals surface area contributed by atoms with Gasteiger partial charge in [0.1, 0.15) is 0 Å². The molecule has 0 saturated carbocycles. The molecule has 0 aliphatic carbocycles. The molecule has 0 amide bonds. The Bertz CT molecular complexity index is 409. The Morgan fingerprint density at radius 2 is 1.80 bits per heavy atom. The van der Waals surface area contributed by atoms with Gasteiger partial charge in [-0.3, -0.25) is 0 Å². The molecular formula is C11H17NO2S. The third-order valence-electron chi connectivity index (χ3n) is 2.54. The lowest BCUT2D eigenvalue weighted by Crippen LogP contribution is -2.09. The lowest BCUT2D eigenvalue weighted by atomic mass is 10.0. The number of rotatable bonds is 4. The number of hydrogen-bond donors (Lipinski definition) is 1. The average molecular weight is 227 g/mol. The molecule has 15 heavy (non-hydrogen) atoms. The molecule has 4 heteroatoms. The number of hydrogen-bond acceptors (Lipinski definition) is 3. The zero-order chi connectivity index (χ0) is 11.5. The molecule has 1 atom stereocenters. The van der Waals surface area contributed by atoms with Crippen LogP contribution in [0.2, 0.25) is 0 Å². The Morgan fingerprint density at radius 3 is 2.20 bits per heavy atom. The van der Waals surface area contributed by atoms with Crippen LogP contribution in [0.15, 0.2) is 29.2 Å². The standard InChI is InChI=1S/C11H17NO2S/c1-3-15(13,14)11-6-4-10(5-7-11)9(2)8-12/h4-7,9H,3,8,12H2,1-2H3. The minimum absolute atomic E-state index is 0.138. The van der Waals surface area contributed by atoms with E-state index in [4.69, 9.17) is 5.73 Å². The monoisotopic (exact) mass is 227 g/mol. The lowest BCUT2D eigenvalue weighted by molar-refractivity contribution is 0.597. The Balaban J connectivity index is 3.00. The largest absolute Gasteiger partial charge is 0.330 e. The molecule has 0 saturated heterocycles. The fourth-order valence-corrected chi connectivity index (χ4v) is 2.19. The Hall–Kier alpha value is -0.870. The van der Waals surface area contributed by atoms with Crippen LogP contribution >= 0.6 is 0 Å². The topological polar surface area (TPSA) is 60.2 Å². The summed E-state index contributed by atoms with van der Waals surface area (Å²) in [5, 5.41) is 0. The van der Waals surface area contributed by atoms with Crippen molar-refractivity contribution in [3.05, 3.63) is 29.8 Å². The molecule has 0 spiro atoms. The first-order chi connectivity index (χ1) is 7.01. The molecule has 84 valence electrons. The molecule has 1 aromatic rings. The maximum atomic E-state index is 11.5. The average Bonchev–Trinajstić information content (AvgIpc) is 2.28. The van der Waals surface area contributed by atoms with Crippen LogP contribution in [-0.4, -0.2) is 20.7 Å². The van der Waals surface area contributed by atoms with E-state index in [2.05, 4.69) is 0 Å². The highest BCUT2D eigenvalue weighted by atomic mass is 32.2. The van der Waals surface area contributed by atoms with Crippen LogP contribution in [0, 0.1) is 0 Å². The molecule has 1 rings (SSSR count). The van der Waals surface area contributed by atoms with Crippen molar-refractivity contribution < 1.29 is 8.42 Å². The van der Waals surface area contributed by atoms with Gasteiger partial charge >= 0.3 is 0 Å². The second-order valence-corrected chi connectivity index (χ2v) is 5.89. The Kier molecular flexibility index (Phi) is 3.88. The molecule has 0 heterocycles. The summed E-state index contributed by atoms with van der Waals surface area (Å²) in [6, 6.07) is 6.97. The normalized spacial score (nSPS) is 13.8. The summed E-state index contributed by atoms with van der Waals surface area (Å²) in [5.74, 6) is 0.405. The van der Waals surface area contributed by atoms with Crippen LogP contribution in [0.3, 0.4) is 0 Å². The zero-order valence-electron chi connectivity index (χ0n) is 9.10. The van der Waals surface area contributed by atoms with Gasteiger partial charge in [-0.1, -0.05) is 26.0 Å². The van der Waals surface area contributed by atoms with Crippen LogP contribution in [-0.2, 0) is 9.84 Å². The van der Waals surface area contributed by atoms with Gasteiger partial charge in [-0.05, 0) is 30.2 Å². The van der Waals surface area contributed by atoms with Crippen LogP contribution < -0.4 is 5.73 Å². The number of benzene rings is 1. The van der Waals surface area contributed by atoms with Gasteiger partial charge in [-0.2, -0.15) is 0 Å². The van der Waals surface area contributed by atoms with Crippen LogP contribution in [0.25, 0.3) is 0 Å². The summed E-state index contributed by atoms with van der Waals surface area (Å²) in [6.07, 6.45) is 0. The first kappa shape index (κ1) is 12.2. The third kappa shape index (κ3) is 2.79. The Labute approximate surface area is 91.2 Å². The summed E-state index contributed by atoms with van der Waals surface area (Å²) in [5.41, 5.74) is 6.61. The van der Waals surface area contributed by atoms with E-state index in [9.17, 15) is 8.42 Å². The second kappa shape index (κ2) is 4.77. The quantitative estimate of drug-likeness (QED) is 0.848. The molecule has 0 aromatic heterocycles. The van der Waals surface area contributed by atoms with Gasteiger partial charge in [0.15, 0.2) is 9.84 Å². The Morgan fingerprint density at radius 1 is 1.27 bits per heavy atom. The van der Waals surface area contributed by atoms with Crippen LogP contribution in [0.5, 0.6) is 0 Å². The van der Waals surface area contributed by atoms with E-state index < -0.39 is 9.84 Å². The minimum Gasteiger partial charge on any atom is -0.330 e. The van der Waals surface area contributed by atoms with Crippen molar-refractivity contribution in [2.24, 2.45) is 5.73 Å². The van der Waals surface area contributed by atoms with Crippen LogP contribution in [0.1, 0.15) is 25.3 Å². The highest BCUT2D eigenvalue weighted by Gasteiger charge is 2.11. The van der Waals surface area contributed by atoms with Crippen molar-refractivity contribution in [2.75, 3.05) is 12.3 Å². The van der Waals surface area contributed by atoms with Gasteiger partial charge in [0.2, 0.25) is 0 Å². The molecule has 3 nitrogen and oxygen atoms in total. The first-order valence-electron chi connectivity index (χ1n) is 5.04. The van der Waals surface area contributed by atoms with Crippen molar-refractivity contribution in [3.63, 3.8) is 0 Å². The highest BCUT2D eigenvalue weighted by Crippen LogP contribution is 2.17. The molecule has 0 radical (unpaired) electrons. The van der Waals surface area contributed by atoms with E-state index in [1.54, 1.807) is 19.1 Å². The second-order valence-electron chi connectivity index (χ2n) is 3.61. The van der Waals surface area contributed by atoms with Gasteiger partial charge in [0.25, 0.3) is 0 Å². The molecule has 1 unspecified atom stereocenters. The molecule has 0 aliphatic heterocycles. The van der Waals surface area contributed by atoms with Gasteiger partial charge in [0.05, 0.1) is 10.6 Å². The maximum Gasteiger partial charge on any atom is 0.178 e. The molecule has 0 bridgehead atoms. The first-order valence-corrected chi connectivity index (χ1v) is 6.69. The lowest BCUT2D eigenvalue weighted by Gasteiger charge is -2.09. The fourth-order valence-electron chi connectivity index (χ4n) is 1.31. The smallest absolute Gasteiger partial charge is 0.178 e. The van der Waals surface area contributed by atoms with Crippen molar-refractivity contribution in [1.82, 2.24) is 0 Å². The van der Waals surface area contributed by atoms with Crippen molar-refractivity contribution in [2.45, 2.75) is 24.7 Å². The molecule has 0 aliphatic rings. The zero-order valence-corrected chi connectivity index (χ0v) is 9.92. The summed E-state index contributed by atoms with van der Waals surface area (Å²) >= 11 is 0. The van der Waals surface area contributed by atoms with Gasteiger partial charge < -0.3 is 5.73 Å². The fraction of sp³-hybridized carbons (Fsp3) is 0.455. The van der Waals surface area contributed by atoms with E-state index in [0.717, 1.165) is 5.56 Å². The summed E-state index contributed by atoms with van der Waals surface area (Å²) < 4.78 is 23.1. The predicted octanol–water partition coefficient (Wildman–Crippen LogP) is 1.54. The number of sulfone groups is 1. The van der Waals surface area contributed by atoms with Crippen molar-refractivity contribution in [3.8, 4) is 0 Å². The summed E-state index contributed by atoms with van der Waals surface area (Å²) in [4.78, 5) is 0.387. The molecule has 2 N–H and O–H groups in total. The van der Waals surface area contributed by atoms with E-state index in [0.29, 0.717) is 11.4 Å². The van der Waals surface area contributed by atoms with Crippen molar-refractivity contribution >= 4 is 9.84 Å². The number of nitrogens with two attached hydrogens (primary N) is 1. The molecule has 1 aromatic carbocycles. The third-order valence-corrected chi connectivity index (χ3v) is 4.29. The highest BCUT2D eigenvalue weighted by molar-refractivity contribution is 7.91. The van der Waals surface area contributed by atoms with E-state index in [1.165, 1.54) is 0 Å². The summed E-state index contributed by atoms with van der Waals surface area (Å²) in [7, 11) is -3.08. The van der Waals surface area contributed by atoms with Crippen LogP contribution in [0.4, 0.5) is 0 Å².